The molecule has 1 rings (SSSR count). The van der Waals surface area contributed by atoms with Crippen molar-refractivity contribution in [2.45, 2.75) is 85.4 Å². The van der Waals surface area contributed by atoms with Crippen molar-refractivity contribution in [3.8, 4) is 0 Å². The molecule has 0 amide bonds. The van der Waals surface area contributed by atoms with Crippen LogP contribution < -0.4 is 0 Å². The number of hydrogen-bond acceptors (Lipinski definition) is 5. The van der Waals surface area contributed by atoms with Crippen LogP contribution in [0.3, 0.4) is 0 Å². The van der Waals surface area contributed by atoms with Gasteiger partial charge in [0.1, 0.15) is 0 Å². The number of rotatable bonds is 14. The summed E-state index contributed by atoms with van der Waals surface area (Å²) in [4.78, 5) is 4.13. The van der Waals surface area contributed by atoms with Gasteiger partial charge in [0.2, 0.25) is 6.35 Å². The molecule has 0 aromatic carbocycles. The van der Waals surface area contributed by atoms with Gasteiger partial charge in [-0.3, -0.25) is 0 Å². The Balaban J connectivity index is 2.80. The van der Waals surface area contributed by atoms with E-state index in [4.69, 9.17) is 4.18 Å². The third-order valence-corrected chi connectivity index (χ3v) is 5.82. The molecule has 1 aliphatic heterocycles. The average Bonchev–Trinajstić information content (AvgIpc) is 2.94. The SMILES string of the molecule is CCCCC(CC)CN1C=CN(CC(CC)CCCC)C1OS(C)(=O)=O. The Morgan fingerprint density at radius 3 is 1.62 bits per heavy atom. The van der Waals surface area contributed by atoms with Crippen LogP contribution in [-0.4, -0.2) is 43.9 Å². The van der Waals surface area contributed by atoms with E-state index in [-0.39, 0.29) is 0 Å². The van der Waals surface area contributed by atoms with Crippen molar-refractivity contribution in [3.05, 3.63) is 12.4 Å². The lowest BCUT2D eigenvalue weighted by molar-refractivity contribution is -0.0337. The molecule has 0 saturated carbocycles. The normalized spacial score (nSPS) is 20.0. The fraction of sp³-hybridized carbons (Fsp3) is 0.900. The Morgan fingerprint density at radius 1 is 0.885 bits per heavy atom. The highest BCUT2D eigenvalue weighted by molar-refractivity contribution is 7.86. The van der Waals surface area contributed by atoms with E-state index in [1.54, 1.807) is 0 Å². The molecule has 6 heteroatoms. The molecule has 0 fully saturated rings. The lowest BCUT2D eigenvalue weighted by Gasteiger charge is -2.34. The van der Waals surface area contributed by atoms with Crippen molar-refractivity contribution in [1.82, 2.24) is 9.80 Å². The molecule has 0 spiro atoms. The summed E-state index contributed by atoms with van der Waals surface area (Å²) in [5.41, 5.74) is 0. The van der Waals surface area contributed by atoms with E-state index in [0.717, 1.165) is 32.2 Å². The lowest BCUT2D eigenvalue weighted by atomic mass is 9.98. The fourth-order valence-electron chi connectivity index (χ4n) is 3.51. The summed E-state index contributed by atoms with van der Waals surface area (Å²) < 4.78 is 29.1. The van der Waals surface area contributed by atoms with Crippen LogP contribution in [0, 0.1) is 11.8 Å². The van der Waals surface area contributed by atoms with Gasteiger partial charge in [-0.1, -0.05) is 66.2 Å². The summed E-state index contributed by atoms with van der Waals surface area (Å²) in [6.45, 7) is 10.5. The molecule has 154 valence electrons. The van der Waals surface area contributed by atoms with Crippen molar-refractivity contribution in [1.29, 1.82) is 0 Å². The predicted octanol–water partition coefficient (Wildman–Crippen LogP) is 4.77. The monoisotopic (exact) mass is 388 g/mol. The van der Waals surface area contributed by atoms with Gasteiger partial charge >= 0.3 is 0 Å². The van der Waals surface area contributed by atoms with E-state index in [0.29, 0.717) is 11.8 Å². The van der Waals surface area contributed by atoms with Gasteiger partial charge in [-0.2, -0.15) is 8.42 Å². The molecule has 0 bridgehead atoms. The van der Waals surface area contributed by atoms with Gasteiger partial charge in [-0.15, -0.1) is 0 Å². The average molecular weight is 389 g/mol. The zero-order valence-corrected chi connectivity index (χ0v) is 18.3. The molecule has 0 N–H and O–H groups in total. The molecule has 0 radical (unpaired) electrons. The highest BCUT2D eigenvalue weighted by Crippen LogP contribution is 2.26. The first-order valence-corrected chi connectivity index (χ1v) is 12.2. The summed E-state index contributed by atoms with van der Waals surface area (Å²) in [5, 5.41) is 0. The molecular weight excluding hydrogens is 348 g/mol. The first-order chi connectivity index (χ1) is 12.3. The molecule has 0 aliphatic carbocycles. The number of nitrogens with zero attached hydrogens (tertiary/aromatic N) is 2. The Morgan fingerprint density at radius 2 is 1.31 bits per heavy atom. The maximum absolute atomic E-state index is 11.8. The minimum atomic E-state index is -3.52. The highest BCUT2D eigenvalue weighted by Gasteiger charge is 2.32. The maximum atomic E-state index is 11.8. The van der Waals surface area contributed by atoms with Gasteiger partial charge in [0.05, 0.1) is 6.26 Å². The second-order valence-corrected chi connectivity index (χ2v) is 9.25. The topological polar surface area (TPSA) is 49.9 Å². The van der Waals surface area contributed by atoms with E-state index >= 15 is 0 Å². The zero-order chi connectivity index (χ0) is 19.6. The van der Waals surface area contributed by atoms with Gasteiger partial charge in [-0.25, -0.2) is 4.18 Å². The molecule has 0 aromatic rings. The van der Waals surface area contributed by atoms with Gasteiger partial charge < -0.3 is 9.80 Å². The van der Waals surface area contributed by atoms with Crippen molar-refractivity contribution in [2.24, 2.45) is 11.8 Å². The minimum Gasteiger partial charge on any atom is -0.333 e. The molecule has 26 heavy (non-hydrogen) atoms. The van der Waals surface area contributed by atoms with Crippen LogP contribution in [0.1, 0.15) is 79.1 Å². The summed E-state index contributed by atoms with van der Waals surface area (Å²) >= 11 is 0. The van der Waals surface area contributed by atoms with Crippen molar-refractivity contribution in [3.63, 3.8) is 0 Å². The Kier molecular flexibility index (Phi) is 10.6. The van der Waals surface area contributed by atoms with Crippen molar-refractivity contribution < 1.29 is 12.6 Å². The number of unbranched alkanes of at least 4 members (excludes halogenated alkanes) is 2. The smallest absolute Gasteiger partial charge is 0.267 e. The van der Waals surface area contributed by atoms with Crippen LogP contribution >= 0.6 is 0 Å². The van der Waals surface area contributed by atoms with E-state index in [2.05, 4.69) is 37.5 Å². The first-order valence-electron chi connectivity index (χ1n) is 10.4. The summed E-state index contributed by atoms with van der Waals surface area (Å²) in [5.74, 6) is 1.12. The van der Waals surface area contributed by atoms with E-state index in [1.165, 1.54) is 38.5 Å². The zero-order valence-electron chi connectivity index (χ0n) is 17.5. The molecule has 1 aliphatic rings. The van der Waals surface area contributed by atoms with Gasteiger partial charge in [0.15, 0.2) is 0 Å². The quantitative estimate of drug-likeness (QED) is 0.401. The Hall–Kier alpha value is -0.750. The molecule has 1 heterocycles. The van der Waals surface area contributed by atoms with Crippen molar-refractivity contribution >= 4 is 10.1 Å². The molecule has 0 aromatic heterocycles. The van der Waals surface area contributed by atoms with Crippen LogP contribution in [0.15, 0.2) is 12.4 Å². The second-order valence-electron chi connectivity index (χ2n) is 7.65. The molecule has 2 atom stereocenters. The molecule has 0 saturated heterocycles. The molecular formula is C20H40N2O3S. The largest absolute Gasteiger partial charge is 0.333 e. The van der Waals surface area contributed by atoms with Gasteiger partial charge in [-0.05, 0) is 24.7 Å². The maximum Gasteiger partial charge on any atom is 0.267 e. The standard InChI is InChI=1S/C20H40N2O3S/c1-6-10-12-18(8-3)16-21-14-15-22(20(21)25-26(5,23)24)17-19(9-4)13-11-7-2/h14-15,18-20H,6-13,16-17H2,1-5H3. The van der Waals surface area contributed by atoms with Crippen molar-refractivity contribution in [2.75, 3.05) is 19.3 Å². The van der Waals surface area contributed by atoms with E-state index < -0.39 is 16.5 Å². The molecule has 2 unspecified atom stereocenters. The first kappa shape index (κ1) is 23.3. The predicted molar refractivity (Wildman–Crippen MR) is 109 cm³/mol. The van der Waals surface area contributed by atoms with Gasteiger partial charge in [0.25, 0.3) is 10.1 Å². The van der Waals surface area contributed by atoms with E-state index in [9.17, 15) is 8.42 Å². The summed E-state index contributed by atoms with van der Waals surface area (Å²) in [7, 11) is -3.52. The summed E-state index contributed by atoms with van der Waals surface area (Å²) in [6.07, 6.45) is 14.0. The summed E-state index contributed by atoms with van der Waals surface area (Å²) in [6, 6.07) is 0. The third kappa shape index (κ3) is 8.30. The van der Waals surface area contributed by atoms with Crippen LogP contribution in [-0.2, 0) is 14.3 Å². The third-order valence-electron chi connectivity index (χ3n) is 5.30. The fourth-order valence-corrected chi connectivity index (χ4v) is 4.04. The molecule has 5 nitrogen and oxygen atoms in total. The second kappa shape index (κ2) is 11.9. The van der Waals surface area contributed by atoms with Crippen LogP contribution in [0.4, 0.5) is 0 Å². The lowest BCUT2D eigenvalue weighted by Crippen LogP contribution is -2.45. The van der Waals surface area contributed by atoms with Crippen LogP contribution in [0.2, 0.25) is 0 Å². The van der Waals surface area contributed by atoms with Crippen LogP contribution in [0.25, 0.3) is 0 Å². The van der Waals surface area contributed by atoms with Gasteiger partial charge in [0, 0.05) is 25.5 Å². The Labute approximate surface area is 161 Å². The van der Waals surface area contributed by atoms with E-state index in [1.807, 2.05) is 12.4 Å². The van der Waals surface area contributed by atoms with Crippen LogP contribution in [0.5, 0.6) is 0 Å². The number of hydrogen-bond donors (Lipinski definition) is 0. The Bertz CT molecular complexity index is 479. The minimum absolute atomic E-state index is 0.531. The highest BCUT2D eigenvalue weighted by atomic mass is 32.2.